The number of nitrogens with zero attached hydrogens (tertiary/aromatic N) is 5. The average molecular weight is 325 g/mol. The maximum atomic E-state index is 12.7. The molecule has 0 radical (unpaired) electrons. The van der Waals surface area contributed by atoms with Gasteiger partial charge in [0, 0.05) is 6.54 Å². The average Bonchev–Trinajstić information content (AvgIpc) is 3.23. The molecule has 3 heterocycles. The number of aryl methyl sites for hydroxylation is 1. The molecule has 1 aliphatic heterocycles. The Morgan fingerprint density at radius 3 is 2.87 bits per heavy atom. The molecular formula is C16H15N5OS. The first-order chi connectivity index (χ1) is 11.2. The number of tetrazole rings is 1. The van der Waals surface area contributed by atoms with Crippen molar-refractivity contribution in [2.75, 3.05) is 0 Å². The number of hydrogen-bond donors (Lipinski definition) is 0. The summed E-state index contributed by atoms with van der Waals surface area (Å²) in [4.78, 5) is 14.6. The van der Waals surface area contributed by atoms with Gasteiger partial charge in [0.2, 0.25) is 0 Å². The molecule has 1 aliphatic rings. The predicted octanol–water partition coefficient (Wildman–Crippen LogP) is 2.37. The fraction of sp³-hybridized carbons (Fsp3) is 0.250. The molecule has 2 aromatic heterocycles. The molecule has 0 N–H and O–H groups in total. The third-order valence-corrected chi connectivity index (χ3v) is 4.87. The third kappa shape index (κ3) is 2.43. The topological polar surface area (TPSA) is 63.9 Å². The van der Waals surface area contributed by atoms with Crippen molar-refractivity contribution in [1.29, 1.82) is 0 Å². The van der Waals surface area contributed by atoms with Gasteiger partial charge in [-0.3, -0.25) is 4.79 Å². The van der Waals surface area contributed by atoms with E-state index in [9.17, 15) is 4.79 Å². The van der Waals surface area contributed by atoms with Crippen molar-refractivity contribution in [3.8, 4) is 0 Å². The number of benzene rings is 1. The molecule has 0 aliphatic carbocycles. The maximum Gasteiger partial charge on any atom is 0.251 e. The van der Waals surface area contributed by atoms with Crippen LogP contribution in [0.5, 0.6) is 0 Å². The largest absolute Gasteiger partial charge is 0.327 e. The minimum absolute atomic E-state index is 0.0502. The molecule has 23 heavy (non-hydrogen) atoms. The molecular weight excluding hydrogens is 310 g/mol. The standard InChI is InChI=1S/C16H15N5OS/c1-11-3-2-4-13(7-11)14-15(21-10-17-18-19-21)16(22)20(14)8-12-5-6-23-9-12/h2-7,9-10,14-15H,8H2,1H3/t14-,15-/m0/s1. The summed E-state index contributed by atoms with van der Waals surface area (Å²) in [5, 5.41) is 15.4. The van der Waals surface area contributed by atoms with Gasteiger partial charge in [0.25, 0.3) is 5.91 Å². The SMILES string of the molecule is Cc1cccc([C@H]2[C@H](n3cnnn3)C(=O)N2Cc2ccsc2)c1. The molecule has 1 aromatic carbocycles. The van der Waals surface area contributed by atoms with E-state index < -0.39 is 0 Å². The normalized spacial score (nSPS) is 20.6. The van der Waals surface area contributed by atoms with Gasteiger partial charge in [-0.2, -0.15) is 11.3 Å². The Kier molecular flexibility index (Phi) is 3.42. The van der Waals surface area contributed by atoms with Crippen LogP contribution >= 0.6 is 11.3 Å². The second-order valence-electron chi connectivity index (χ2n) is 5.69. The van der Waals surface area contributed by atoms with Gasteiger partial charge in [0.05, 0.1) is 6.04 Å². The van der Waals surface area contributed by atoms with E-state index in [1.807, 2.05) is 16.3 Å². The monoisotopic (exact) mass is 325 g/mol. The molecule has 7 heteroatoms. The number of β-lactam (4-membered cyclic amide) rings is 1. The van der Waals surface area contributed by atoms with Crippen LogP contribution in [0.2, 0.25) is 0 Å². The summed E-state index contributed by atoms with van der Waals surface area (Å²) in [6, 6.07) is 9.88. The molecule has 1 saturated heterocycles. The summed E-state index contributed by atoms with van der Waals surface area (Å²) in [6.07, 6.45) is 1.51. The van der Waals surface area contributed by atoms with Crippen LogP contribution in [0.15, 0.2) is 47.4 Å². The Balaban J connectivity index is 1.70. The van der Waals surface area contributed by atoms with E-state index in [1.54, 1.807) is 16.0 Å². The van der Waals surface area contributed by atoms with Crippen LogP contribution in [0.4, 0.5) is 0 Å². The van der Waals surface area contributed by atoms with E-state index in [0.29, 0.717) is 6.54 Å². The van der Waals surface area contributed by atoms with Crippen LogP contribution in [-0.4, -0.2) is 31.0 Å². The van der Waals surface area contributed by atoms with Gasteiger partial charge in [0.1, 0.15) is 6.33 Å². The zero-order chi connectivity index (χ0) is 15.8. The molecule has 3 aromatic rings. The summed E-state index contributed by atoms with van der Waals surface area (Å²) in [7, 11) is 0. The van der Waals surface area contributed by atoms with Crippen LogP contribution in [0.25, 0.3) is 0 Å². The van der Waals surface area contributed by atoms with Gasteiger partial charge in [-0.15, -0.1) is 5.10 Å². The fourth-order valence-corrected chi connectivity index (χ4v) is 3.72. The van der Waals surface area contributed by atoms with Crippen molar-refractivity contribution < 1.29 is 4.79 Å². The molecule has 4 rings (SSSR count). The lowest BCUT2D eigenvalue weighted by Gasteiger charge is -2.46. The molecule has 116 valence electrons. The molecule has 0 bridgehead atoms. The van der Waals surface area contributed by atoms with Crippen LogP contribution < -0.4 is 0 Å². The summed E-state index contributed by atoms with van der Waals surface area (Å²) in [5.74, 6) is 0.0509. The van der Waals surface area contributed by atoms with Crippen LogP contribution in [0.1, 0.15) is 28.8 Å². The molecule has 0 spiro atoms. The lowest BCUT2D eigenvalue weighted by Crippen LogP contribution is -2.55. The molecule has 0 unspecified atom stereocenters. The first kappa shape index (κ1) is 14.1. The fourth-order valence-electron chi connectivity index (χ4n) is 3.06. The van der Waals surface area contributed by atoms with E-state index in [2.05, 4.69) is 52.1 Å². The van der Waals surface area contributed by atoms with E-state index in [4.69, 9.17) is 0 Å². The molecule has 0 saturated carbocycles. The van der Waals surface area contributed by atoms with Gasteiger partial charge in [0.15, 0.2) is 6.04 Å². The number of amides is 1. The highest BCUT2D eigenvalue weighted by Crippen LogP contribution is 2.44. The maximum absolute atomic E-state index is 12.7. The van der Waals surface area contributed by atoms with E-state index >= 15 is 0 Å². The Morgan fingerprint density at radius 2 is 2.17 bits per heavy atom. The van der Waals surface area contributed by atoms with Crippen molar-refractivity contribution in [1.82, 2.24) is 25.1 Å². The summed E-state index contributed by atoms with van der Waals surface area (Å²) >= 11 is 1.64. The van der Waals surface area contributed by atoms with Crippen molar-refractivity contribution >= 4 is 17.2 Å². The zero-order valence-corrected chi connectivity index (χ0v) is 13.3. The lowest BCUT2D eigenvalue weighted by molar-refractivity contribution is -0.157. The Morgan fingerprint density at radius 1 is 1.26 bits per heavy atom. The number of rotatable bonds is 4. The van der Waals surface area contributed by atoms with Gasteiger partial charge < -0.3 is 4.90 Å². The number of likely N-dealkylation sites (tertiary alicyclic amines) is 1. The van der Waals surface area contributed by atoms with E-state index in [0.717, 1.165) is 11.1 Å². The third-order valence-electron chi connectivity index (χ3n) is 4.14. The van der Waals surface area contributed by atoms with Crippen LogP contribution in [-0.2, 0) is 11.3 Å². The highest BCUT2D eigenvalue weighted by Gasteiger charge is 2.50. The molecule has 1 fully saturated rings. The number of carbonyl (C=O) groups is 1. The van der Waals surface area contributed by atoms with Crippen molar-refractivity contribution in [2.45, 2.75) is 25.6 Å². The lowest BCUT2D eigenvalue weighted by atomic mass is 9.87. The minimum Gasteiger partial charge on any atom is -0.327 e. The van der Waals surface area contributed by atoms with E-state index in [-0.39, 0.29) is 18.0 Å². The quantitative estimate of drug-likeness (QED) is 0.691. The van der Waals surface area contributed by atoms with Crippen molar-refractivity contribution in [2.24, 2.45) is 0 Å². The van der Waals surface area contributed by atoms with Crippen molar-refractivity contribution in [3.05, 3.63) is 64.1 Å². The highest BCUT2D eigenvalue weighted by atomic mass is 32.1. The predicted molar refractivity (Wildman–Crippen MR) is 85.6 cm³/mol. The Hall–Kier alpha value is -2.54. The summed E-state index contributed by atoms with van der Waals surface area (Å²) in [6.45, 7) is 2.67. The highest BCUT2D eigenvalue weighted by molar-refractivity contribution is 7.07. The number of thiophene rings is 1. The van der Waals surface area contributed by atoms with Gasteiger partial charge in [-0.25, -0.2) is 4.68 Å². The van der Waals surface area contributed by atoms with Gasteiger partial charge >= 0.3 is 0 Å². The van der Waals surface area contributed by atoms with E-state index in [1.165, 1.54) is 11.9 Å². The van der Waals surface area contributed by atoms with Gasteiger partial charge in [-0.1, -0.05) is 29.8 Å². The Labute approximate surface area is 137 Å². The van der Waals surface area contributed by atoms with Crippen LogP contribution in [0.3, 0.4) is 0 Å². The summed E-state index contributed by atoms with van der Waals surface area (Å²) in [5.41, 5.74) is 3.43. The zero-order valence-electron chi connectivity index (χ0n) is 12.5. The second kappa shape index (κ2) is 5.58. The van der Waals surface area contributed by atoms with Crippen molar-refractivity contribution in [3.63, 3.8) is 0 Å². The molecule has 2 atom stereocenters. The summed E-state index contributed by atoms with van der Waals surface area (Å²) < 4.78 is 1.56. The second-order valence-corrected chi connectivity index (χ2v) is 6.47. The number of hydrogen-bond acceptors (Lipinski definition) is 5. The smallest absolute Gasteiger partial charge is 0.251 e. The number of carbonyl (C=O) groups excluding carboxylic acids is 1. The molecule has 6 nitrogen and oxygen atoms in total. The first-order valence-electron chi connectivity index (χ1n) is 7.34. The minimum atomic E-state index is -0.370. The first-order valence-corrected chi connectivity index (χ1v) is 8.29. The van der Waals surface area contributed by atoms with Gasteiger partial charge in [-0.05, 0) is 45.3 Å². The number of aromatic nitrogens is 4. The van der Waals surface area contributed by atoms with Crippen LogP contribution in [0, 0.1) is 6.92 Å². The molecule has 1 amide bonds. The Bertz CT molecular complexity index is 815.